The SMILES string of the molecule is COCC(=O)N1CCCC[C@H]1c1nc(C)cc(Nc2ccccn2)n1. The zero-order chi connectivity index (χ0) is 17.6. The topological polar surface area (TPSA) is 80.2 Å². The van der Waals surface area contributed by atoms with Crippen molar-refractivity contribution in [2.24, 2.45) is 0 Å². The molecule has 0 aliphatic carbocycles. The molecule has 1 aliphatic heterocycles. The lowest BCUT2D eigenvalue weighted by Crippen LogP contribution is -2.41. The molecule has 0 aromatic carbocycles. The minimum Gasteiger partial charge on any atom is -0.375 e. The highest BCUT2D eigenvalue weighted by Gasteiger charge is 2.30. The first kappa shape index (κ1) is 17.3. The highest BCUT2D eigenvalue weighted by molar-refractivity contribution is 5.78. The number of methoxy groups -OCH3 is 1. The summed E-state index contributed by atoms with van der Waals surface area (Å²) in [5, 5.41) is 3.20. The van der Waals surface area contributed by atoms with Crippen molar-refractivity contribution in [1.82, 2.24) is 19.9 Å². The standard InChI is InChI=1S/C18H23N5O2/c1-13-11-16(21-15-8-3-5-9-19-15)22-18(20-13)14-7-4-6-10-23(14)17(24)12-25-2/h3,5,8-9,11,14H,4,6-7,10,12H2,1-2H3,(H,19,20,21,22)/t14-/m0/s1. The smallest absolute Gasteiger partial charge is 0.249 e. The first-order valence-corrected chi connectivity index (χ1v) is 8.49. The summed E-state index contributed by atoms with van der Waals surface area (Å²) in [7, 11) is 1.54. The quantitative estimate of drug-likeness (QED) is 0.900. The summed E-state index contributed by atoms with van der Waals surface area (Å²) in [6.07, 6.45) is 4.64. The van der Waals surface area contributed by atoms with E-state index < -0.39 is 0 Å². The Morgan fingerprint density at radius 1 is 1.32 bits per heavy atom. The van der Waals surface area contributed by atoms with Crippen molar-refractivity contribution in [3.05, 3.63) is 42.0 Å². The van der Waals surface area contributed by atoms with Crippen LogP contribution in [0.3, 0.4) is 0 Å². The third-order valence-electron chi connectivity index (χ3n) is 4.18. The second-order valence-corrected chi connectivity index (χ2v) is 6.12. The molecule has 0 unspecified atom stereocenters. The minimum atomic E-state index is -0.111. The van der Waals surface area contributed by atoms with E-state index in [0.717, 1.165) is 30.8 Å². The Hall–Kier alpha value is -2.54. The Morgan fingerprint density at radius 2 is 2.20 bits per heavy atom. The minimum absolute atomic E-state index is 0.0171. The molecule has 132 valence electrons. The molecule has 0 bridgehead atoms. The molecule has 0 spiro atoms. The fraction of sp³-hybridized carbons (Fsp3) is 0.444. The maximum Gasteiger partial charge on any atom is 0.249 e. The number of aromatic nitrogens is 3. The van der Waals surface area contributed by atoms with E-state index in [-0.39, 0.29) is 18.6 Å². The number of aryl methyl sites for hydroxylation is 1. The molecule has 1 fully saturated rings. The van der Waals surface area contributed by atoms with Crippen molar-refractivity contribution in [3.8, 4) is 0 Å². The van der Waals surface area contributed by atoms with Gasteiger partial charge in [0.1, 0.15) is 18.2 Å². The first-order chi connectivity index (χ1) is 12.2. The summed E-state index contributed by atoms with van der Waals surface area (Å²) in [5.74, 6) is 2.06. The maximum absolute atomic E-state index is 12.4. The molecule has 1 N–H and O–H groups in total. The molecule has 3 heterocycles. The van der Waals surface area contributed by atoms with E-state index in [1.54, 1.807) is 6.20 Å². The molecule has 1 aliphatic rings. The third kappa shape index (κ3) is 4.30. The number of anilines is 2. The number of hydrogen-bond acceptors (Lipinski definition) is 6. The second kappa shape index (κ2) is 8.02. The number of carbonyl (C=O) groups excluding carboxylic acids is 1. The number of likely N-dealkylation sites (tertiary alicyclic amines) is 1. The van der Waals surface area contributed by atoms with Crippen LogP contribution in [-0.2, 0) is 9.53 Å². The van der Waals surface area contributed by atoms with Gasteiger partial charge in [0.15, 0.2) is 5.82 Å². The average Bonchev–Trinajstić information content (AvgIpc) is 2.62. The normalized spacial score (nSPS) is 17.4. The Kier molecular flexibility index (Phi) is 5.55. The van der Waals surface area contributed by atoms with Gasteiger partial charge in [0.2, 0.25) is 5.91 Å². The Bertz CT molecular complexity index is 723. The fourth-order valence-corrected chi connectivity index (χ4v) is 3.08. The molecule has 0 radical (unpaired) electrons. The highest BCUT2D eigenvalue weighted by atomic mass is 16.5. The lowest BCUT2D eigenvalue weighted by atomic mass is 10.0. The summed E-state index contributed by atoms with van der Waals surface area (Å²) in [6.45, 7) is 2.73. The molecule has 25 heavy (non-hydrogen) atoms. The van der Waals surface area contributed by atoms with Gasteiger partial charge in [-0.05, 0) is 38.3 Å². The summed E-state index contributed by atoms with van der Waals surface area (Å²) in [5.41, 5.74) is 0.855. The Morgan fingerprint density at radius 3 is 2.96 bits per heavy atom. The van der Waals surface area contributed by atoms with Crippen molar-refractivity contribution < 1.29 is 9.53 Å². The molecule has 1 amide bonds. The molecule has 3 rings (SSSR count). The van der Waals surface area contributed by atoms with Gasteiger partial charge in [0.25, 0.3) is 0 Å². The summed E-state index contributed by atoms with van der Waals surface area (Å²) in [6, 6.07) is 7.43. The number of hydrogen-bond donors (Lipinski definition) is 1. The van der Waals surface area contributed by atoms with Crippen molar-refractivity contribution in [2.45, 2.75) is 32.2 Å². The fourth-order valence-electron chi connectivity index (χ4n) is 3.08. The van der Waals surface area contributed by atoms with Crippen LogP contribution < -0.4 is 5.32 Å². The van der Waals surface area contributed by atoms with E-state index in [9.17, 15) is 4.79 Å². The molecular formula is C18H23N5O2. The Balaban J connectivity index is 1.86. The zero-order valence-electron chi connectivity index (χ0n) is 14.6. The number of nitrogens with zero attached hydrogens (tertiary/aromatic N) is 4. The summed E-state index contributed by atoms with van der Waals surface area (Å²) in [4.78, 5) is 27.7. The van der Waals surface area contributed by atoms with Crippen LogP contribution in [0.15, 0.2) is 30.5 Å². The van der Waals surface area contributed by atoms with Gasteiger partial charge in [-0.25, -0.2) is 15.0 Å². The van der Waals surface area contributed by atoms with E-state index in [2.05, 4.69) is 20.3 Å². The van der Waals surface area contributed by atoms with Crippen molar-refractivity contribution >= 4 is 17.5 Å². The molecule has 7 heteroatoms. The molecule has 1 atom stereocenters. The lowest BCUT2D eigenvalue weighted by molar-refractivity contribution is -0.139. The number of piperidine rings is 1. The van der Waals surface area contributed by atoms with E-state index in [0.29, 0.717) is 18.2 Å². The Labute approximate surface area is 147 Å². The van der Waals surface area contributed by atoms with Gasteiger partial charge in [-0.1, -0.05) is 6.07 Å². The van der Waals surface area contributed by atoms with E-state index in [4.69, 9.17) is 4.74 Å². The number of rotatable bonds is 5. The molecule has 7 nitrogen and oxygen atoms in total. The zero-order valence-corrected chi connectivity index (χ0v) is 14.6. The molecular weight excluding hydrogens is 318 g/mol. The predicted molar refractivity (Wildman–Crippen MR) is 94.5 cm³/mol. The van der Waals surface area contributed by atoms with E-state index >= 15 is 0 Å². The van der Waals surface area contributed by atoms with Gasteiger partial charge >= 0.3 is 0 Å². The van der Waals surface area contributed by atoms with Crippen LogP contribution in [-0.4, -0.2) is 46.0 Å². The summed E-state index contributed by atoms with van der Waals surface area (Å²) >= 11 is 0. The second-order valence-electron chi connectivity index (χ2n) is 6.12. The summed E-state index contributed by atoms with van der Waals surface area (Å²) < 4.78 is 5.01. The van der Waals surface area contributed by atoms with Crippen LogP contribution in [0.5, 0.6) is 0 Å². The van der Waals surface area contributed by atoms with Gasteiger partial charge in [-0.15, -0.1) is 0 Å². The number of carbonyl (C=O) groups is 1. The first-order valence-electron chi connectivity index (χ1n) is 8.49. The molecule has 2 aromatic rings. The van der Waals surface area contributed by atoms with E-state index in [1.165, 1.54) is 7.11 Å². The van der Waals surface area contributed by atoms with Gasteiger partial charge in [0, 0.05) is 31.6 Å². The lowest BCUT2D eigenvalue weighted by Gasteiger charge is -2.34. The van der Waals surface area contributed by atoms with Gasteiger partial charge < -0.3 is 15.0 Å². The molecule has 2 aromatic heterocycles. The number of nitrogens with one attached hydrogen (secondary N) is 1. The van der Waals surface area contributed by atoms with Crippen LogP contribution in [0.25, 0.3) is 0 Å². The van der Waals surface area contributed by atoms with Crippen molar-refractivity contribution in [2.75, 3.05) is 25.6 Å². The van der Waals surface area contributed by atoms with Gasteiger partial charge in [-0.2, -0.15) is 0 Å². The van der Waals surface area contributed by atoms with Crippen LogP contribution in [0.1, 0.15) is 36.8 Å². The van der Waals surface area contributed by atoms with Crippen LogP contribution in [0.2, 0.25) is 0 Å². The molecule has 0 saturated carbocycles. The van der Waals surface area contributed by atoms with E-state index in [1.807, 2.05) is 36.1 Å². The van der Waals surface area contributed by atoms with Crippen LogP contribution in [0.4, 0.5) is 11.6 Å². The largest absolute Gasteiger partial charge is 0.375 e. The highest BCUT2D eigenvalue weighted by Crippen LogP contribution is 2.30. The monoisotopic (exact) mass is 341 g/mol. The number of ether oxygens (including phenoxy) is 1. The van der Waals surface area contributed by atoms with Gasteiger partial charge in [0.05, 0.1) is 6.04 Å². The average molecular weight is 341 g/mol. The predicted octanol–water partition coefficient (Wildman–Crippen LogP) is 2.62. The third-order valence-corrected chi connectivity index (χ3v) is 4.18. The van der Waals surface area contributed by atoms with Crippen molar-refractivity contribution in [1.29, 1.82) is 0 Å². The number of amides is 1. The van der Waals surface area contributed by atoms with Crippen molar-refractivity contribution in [3.63, 3.8) is 0 Å². The number of pyridine rings is 1. The molecule has 1 saturated heterocycles. The van der Waals surface area contributed by atoms with Crippen LogP contribution in [0, 0.1) is 6.92 Å². The van der Waals surface area contributed by atoms with Gasteiger partial charge in [-0.3, -0.25) is 4.79 Å². The maximum atomic E-state index is 12.4. The van der Waals surface area contributed by atoms with Crippen LogP contribution >= 0.6 is 0 Å².